The molecule has 1 heterocycles. The summed E-state index contributed by atoms with van der Waals surface area (Å²) in [6, 6.07) is 18.4. The molecule has 1 amide bonds. The molecule has 0 fully saturated rings. The molecule has 0 spiro atoms. The first-order chi connectivity index (χ1) is 15.4. The van der Waals surface area contributed by atoms with E-state index in [0.29, 0.717) is 0 Å². The van der Waals surface area contributed by atoms with Crippen LogP contribution in [0, 0.1) is 0 Å². The van der Waals surface area contributed by atoms with Crippen LogP contribution in [0.5, 0.6) is 5.75 Å². The first-order valence-corrected chi connectivity index (χ1v) is 10.7. The molecule has 0 radical (unpaired) electrons. The number of carbonyl (C=O) groups excluding carboxylic acids is 1. The summed E-state index contributed by atoms with van der Waals surface area (Å²) in [6.45, 7) is 6.68. The van der Waals surface area contributed by atoms with Crippen molar-refractivity contribution in [2.75, 3.05) is 19.6 Å². The smallest absolute Gasteiger partial charge is 0.425 e. The Kier molecular flexibility index (Phi) is 5.70. The highest BCUT2D eigenvalue weighted by Crippen LogP contribution is 2.46. The van der Waals surface area contributed by atoms with E-state index in [-0.39, 0.29) is 5.41 Å². The van der Waals surface area contributed by atoms with Gasteiger partial charge in [0.05, 0.1) is 19.9 Å². The van der Waals surface area contributed by atoms with Gasteiger partial charge in [-0.15, -0.1) is 0 Å². The molecule has 4 rings (SSSR count). The van der Waals surface area contributed by atoms with Crippen LogP contribution in [0.1, 0.15) is 32.9 Å². The zero-order chi connectivity index (χ0) is 22.9. The van der Waals surface area contributed by atoms with E-state index in [9.17, 15) is 4.79 Å². The zero-order valence-electron chi connectivity index (χ0n) is 19.1. The predicted molar refractivity (Wildman–Crippen MR) is 130 cm³/mol. The molecule has 0 aliphatic heterocycles. The number of para-hydroxylation sites is 1. The number of H-pyrrole nitrogens is 1. The summed E-state index contributed by atoms with van der Waals surface area (Å²) in [6.07, 6.45) is 0.402. The fraction of sp³-hybridized carbons (Fsp3) is 0.269. The number of rotatable bonds is 6. The van der Waals surface area contributed by atoms with Crippen molar-refractivity contribution in [3.63, 3.8) is 0 Å². The number of carbonyl (C=O) groups is 1. The van der Waals surface area contributed by atoms with Gasteiger partial charge in [-0.2, -0.15) is 0 Å². The Morgan fingerprint density at radius 1 is 1.00 bits per heavy atom. The summed E-state index contributed by atoms with van der Waals surface area (Å²) < 4.78 is 10.3. The Morgan fingerprint density at radius 3 is 2.47 bits per heavy atom. The van der Waals surface area contributed by atoms with Gasteiger partial charge in [0.25, 0.3) is 0 Å². The first kappa shape index (κ1) is 21.6. The molecular weight excluding hydrogens is 402 g/mol. The van der Waals surface area contributed by atoms with Crippen molar-refractivity contribution in [1.29, 1.82) is 0 Å². The number of nitrogens with one attached hydrogen (secondary N) is 3. The number of amides is 1. The minimum absolute atomic E-state index is 0.0948. The lowest BCUT2D eigenvalue weighted by Gasteiger charge is -2.25. The van der Waals surface area contributed by atoms with E-state index in [2.05, 4.69) is 54.8 Å². The van der Waals surface area contributed by atoms with Gasteiger partial charge in [-0.25, -0.2) is 10.2 Å². The van der Waals surface area contributed by atoms with Gasteiger partial charge >= 0.3 is 6.09 Å². The molecule has 0 saturated heterocycles. The minimum Gasteiger partial charge on any atom is -0.497 e. The van der Waals surface area contributed by atoms with E-state index in [1.807, 2.05) is 36.4 Å². The molecule has 6 nitrogen and oxygen atoms in total. The minimum atomic E-state index is -0.560. The Bertz CT molecular complexity index is 1290. The van der Waals surface area contributed by atoms with Crippen LogP contribution in [0.4, 0.5) is 10.5 Å². The number of hydrogen-bond donors (Lipinski definition) is 3. The summed E-state index contributed by atoms with van der Waals surface area (Å²) in [5.41, 5.74) is 10.7. The molecule has 0 saturated carbocycles. The van der Waals surface area contributed by atoms with Crippen LogP contribution in [0.2, 0.25) is 0 Å². The SMILES string of the molecule is CCC(C)(C)c1[nH]c2ccccc2c1-c1c(NNC(=O)OC)ccc2ccc(OC)cc12. The maximum absolute atomic E-state index is 11.8. The van der Waals surface area contributed by atoms with Crippen molar-refractivity contribution in [3.05, 3.63) is 60.3 Å². The monoisotopic (exact) mass is 431 g/mol. The molecule has 3 aromatic carbocycles. The van der Waals surface area contributed by atoms with E-state index in [0.717, 1.165) is 56.4 Å². The molecule has 0 aliphatic rings. The summed E-state index contributed by atoms with van der Waals surface area (Å²) in [5, 5.41) is 3.23. The Balaban J connectivity index is 2.09. The average molecular weight is 432 g/mol. The number of ether oxygens (including phenoxy) is 2. The molecule has 0 atom stereocenters. The first-order valence-electron chi connectivity index (χ1n) is 10.7. The van der Waals surface area contributed by atoms with E-state index in [1.165, 1.54) is 7.11 Å². The van der Waals surface area contributed by atoms with Crippen LogP contribution in [0.3, 0.4) is 0 Å². The summed E-state index contributed by atoms with van der Waals surface area (Å²) >= 11 is 0. The summed E-state index contributed by atoms with van der Waals surface area (Å²) in [4.78, 5) is 15.5. The second-order valence-corrected chi connectivity index (χ2v) is 8.47. The largest absolute Gasteiger partial charge is 0.497 e. The van der Waals surface area contributed by atoms with Crippen molar-refractivity contribution < 1.29 is 14.3 Å². The van der Waals surface area contributed by atoms with Crippen molar-refractivity contribution in [1.82, 2.24) is 10.4 Å². The number of hydrazine groups is 1. The second-order valence-electron chi connectivity index (χ2n) is 8.47. The molecule has 0 bridgehead atoms. The Hall–Kier alpha value is -3.67. The maximum atomic E-state index is 11.8. The van der Waals surface area contributed by atoms with Gasteiger partial charge < -0.3 is 14.5 Å². The number of aromatic nitrogens is 1. The van der Waals surface area contributed by atoms with Gasteiger partial charge in [0.15, 0.2) is 0 Å². The standard InChI is InChI=1S/C26H29N3O3/c1-6-26(2,3)24-23(18-9-7-8-10-20(18)27-24)22-19-15-17(31-4)13-11-16(19)12-14-21(22)28-29-25(30)32-5/h7-15,27-28H,6H2,1-5H3,(H,29,30). The van der Waals surface area contributed by atoms with Gasteiger partial charge in [0.1, 0.15) is 5.75 Å². The molecule has 32 heavy (non-hydrogen) atoms. The van der Waals surface area contributed by atoms with Gasteiger partial charge in [-0.05, 0) is 41.5 Å². The molecule has 0 aliphatic carbocycles. The van der Waals surface area contributed by atoms with Crippen molar-refractivity contribution >= 4 is 33.5 Å². The molecule has 6 heteroatoms. The number of aromatic amines is 1. The van der Waals surface area contributed by atoms with Crippen molar-refractivity contribution in [3.8, 4) is 16.9 Å². The van der Waals surface area contributed by atoms with Gasteiger partial charge in [0.2, 0.25) is 0 Å². The third kappa shape index (κ3) is 3.73. The Labute approximate surface area is 187 Å². The second kappa shape index (κ2) is 8.46. The lowest BCUT2D eigenvalue weighted by atomic mass is 9.81. The third-order valence-electron chi connectivity index (χ3n) is 6.23. The van der Waals surface area contributed by atoms with Crippen molar-refractivity contribution in [2.45, 2.75) is 32.6 Å². The van der Waals surface area contributed by atoms with E-state index in [4.69, 9.17) is 9.47 Å². The van der Waals surface area contributed by atoms with Crippen LogP contribution < -0.4 is 15.6 Å². The fourth-order valence-corrected chi connectivity index (χ4v) is 4.05. The highest BCUT2D eigenvalue weighted by atomic mass is 16.5. The van der Waals surface area contributed by atoms with Gasteiger partial charge in [0, 0.05) is 33.1 Å². The van der Waals surface area contributed by atoms with Crippen LogP contribution in [-0.2, 0) is 10.2 Å². The normalized spacial score (nSPS) is 11.5. The highest BCUT2D eigenvalue weighted by Gasteiger charge is 2.28. The zero-order valence-corrected chi connectivity index (χ0v) is 19.1. The van der Waals surface area contributed by atoms with Crippen molar-refractivity contribution in [2.24, 2.45) is 0 Å². The lowest BCUT2D eigenvalue weighted by Crippen LogP contribution is -2.29. The topological polar surface area (TPSA) is 75.4 Å². The summed E-state index contributed by atoms with van der Waals surface area (Å²) in [7, 11) is 3.00. The number of anilines is 1. The number of fused-ring (bicyclic) bond motifs is 2. The number of methoxy groups -OCH3 is 2. The predicted octanol–water partition coefficient (Wildman–Crippen LogP) is 6.37. The van der Waals surface area contributed by atoms with Crippen LogP contribution >= 0.6 is 0 Å². The van der Waals surface area contributed by atoms with E-state index >= 15 is 0 Å². The third-order valence-corrected chi connectivity index (χ3v) is 6.23. The average Bonchev–Trinajstić information content (AvgIpc) is 3.21. The quantitative estimate of drug-likeness (QED) is 0.310. The number of benzene rings is 3. The van der Waals surface area contributed by atoms with Crippen LogP contribution in [-0.4, -0.2) is 25.3 Å². The Morgan fingerprint density at radius 2 is 1.75 bits per heavy atom. The molecule has 4 aromatic rings. The molecule has 0 unspecified atom stereocenters. The fourth-order valence-electron chi connectivity index (χ4n) is 4.05. The molecule has 1 aromatic heterocycles. The molecule has 3 N–H and O–H groups in total. The molecular formula is C26H29N3O3. The van der Waals surface area contributed by atoms with Gasteiger partial charge in [-0.1, -0.05) is 51.1 Å². The number of hydrogen-bond acceptors (Lipinski definition) is 4. The lowest BCUT2D eigenvalue weighted by molar-refractivity contribution is 0.173. The maximum Gasteiger partial charge on any atom is 0.425 e. The molecule has 166 valence electrons. The van der Waals surface area contributed by atoms with Gasteiger partial charge in [-0.3, -0.25) is 5.43 Å². The van der Waals surface area contributed by atoms with Crippen LogP contribution in [0.15, 0.2) is 54.6 Å². The van der Waals surface area contributed by atoms with E-state index in [1.54, 1.807) is 7.11 Å². The summed E-state index contributed by atoms with van der Waals surface area (Å²) in [5.74, 6) is 0.771. The highest BCUT2D eigenvalue weighted by molar-refractivity contribution is 6.11. The van der Waals surface area contributed by atoms with E-state index < -0.39 is 6.09 Å². The van der Waals surface area contributed by atoms with Crippen LogP contribution in [0.25, 0.3) is 32.8 Å².